The largest absolute Gasteiger partial charge is 0.313 e. The predicted octanol–water partition coefficient (Wildman–Crippen LogP) is 4.09. The van der Waals surface area contributed by atoms with E-state index >= 15 is 0 Å². The van der Waals surface area contributed by atoms with Crippen LogP contribution >= 0.6 is 0 Å². The van der Waals surface area contributed by atoms with Crippen LogP contribution in [0.2, 0.25) is 0 Å². The molecule has 0 saturated carbocycles. The topological polar surface area (TPSA) is 25.4 Å². The van der Waals surface area contributed by atoms with Crippen LogP contribution in [0.15, 0.2) is 85.3 Å². The standard InChI is InChI=1S/C22H19N2O/c1-17-8-7-9-18(14-17)20-15-19-10-3-6-13-24(19)22(20)21(25)16-23-11-4-2-5-12-23/h2-15H,16H2,1H3/q+1. The van der Waals surface area contributed by atoms with Crippen LogP contribution in [-0.4, -0.2) is 10.2 Å². The Kier molecular flexibility index (Phi) is 3.90. The van der Waals surface area contributed by atoms with E-state index in [0.717, 1.165) is 22.3 Å². The summed E-state index contributed by atoms with van der Waals surface area (Å²) in [4.78, 5) is 13.1. The Morgan fingerprint density at radius 3 is 2.60 bits per heavy atom. The van der Waals surface area contributed by atoms with E-state index in [9.17, 15) is 4.79 Å². The Morgan fingerprint density at radius 2 is 1.80 bits per heavy atom. The van der Waals surface area contributed by atoms with Gasteiger partial charge in [-0.3, -0.25) is 4.79 Å². The number of Topliss-reactive ketones (excluding diaryl/α,β-unsaturated/α-hetero) is 1. The Morgan fingerprint density at radius 1 is 0.960 bits per heavy atom. The summed E-state index contributed by atoms with van der Waals surface area (Å²) in [5.41, 5.74) is 5.00. The smallest absolute Gasteiger partial charge is 0.244 e. The zero-order valence-electron chi connectivity index (χ0n) is 14.1. The van der Waals surface area contributed by atoms with Gasteiger partial charge in [-0.2, -0.15) is 4.57 Å². The zero-order chi connectivity index (χ0) is 17.2. The third-order valence-electron chi connectivity index (χ3n) is 4.38. The van der Waals surface area contributed by atoms with Gasteiger partial charge in [0.15, 0.2) is 12.4 Å². The van der Waals surface area contributed by atoms with Gasteiger partial charge in [0.1, 0.15) is 5.69 Å². The van der Waals surface area contributed by atoms with Crippen molar-refractivity contribution in [3.8, 4) is 11.1 Å². The van der Waals surface area contributed by atoms with E-state index in [1.54, 1.807) is 0 Å². The first-order chi connectivity index (χ1) is 12.2. The van der Waals surface area contributed by atoms with E-state index in [2.05, 4.69) is 31.2 Å². The summed E-state index contributed by atoms with van der Waals surface area (Å²) in [5, 5.41) is 0. The minimum atomic E-state index is 0.0962. The number of pyridine rings is 2. The number of ketones is 1. The van der Waals surface area contributed by atoms with Gasteiger partial charge in [0, 0.05) is 29.4 Å². The Hall–Kier alpha value is -3.20. The molecule has 0 atom stereocenters. The van der Waals surface area contributed by atoms with E-state index in [1.807, 2.05) is 70.0 Å². The van der Waals surface area contributed by atoms with Gasteiger partial charge in [0.2, 0.25) is 12.3 Å². The van der Waals surface area contributed by atoms with E-state index in [1.165, 1.54) is 5.56 Å². The zero-order valence-corrected chi connectivity index (χ0v) is 14.1. The maximum Gasteiger partial charge on any atom is 0.244 e. The summed E-state index contributed by atoms with van der Waals surface area (Å²) in [6.07, 6.45) is 5.79. The molecule has 3 aromatic heterocycles. The molecule has 3 heteroatoms. The highest BCUT2D eigenvalue weighted by molar-refractivity contribution is 6.02. The maximum atomic E-state index is 13.1. The molecular weight excluding hydrogens is 308 g/mol. The maximum absolute atomic E-state index is 13.1. The summed E-state index contributed by atoms with van der Waals surface area (Å²) in [6, 6.07) is 22.2. The lowest BCUT2D eigenvalue weighted by molar-refractivity contribution is -0.683. The fraction of sp³-hybridized carbons (Fsp3) is 0.0909. The Labute approximate surface area is 146 Å². The fourth-order valence-corrected chi connectivity index (χ4v) is 3.22. The van der Waals surface area contributed by atoms with Crippen LogP contribution in [0.4, 0.5) is 0 Å². The van der Waals surface area contributed by atoms with Gasteiger partial charge in [-0.05, 0) is 30.7 Å². The average Bonchev–Trinajstić information content (AvgIpc) is 3.02. The van der Waals surface area contributed by atoms with Crippen molar-refractivity contribution < 1.29 is 9.36 Å². The first kappa shape index (κ1) is 15.3. The van der Waals surface area contributed by atoms with Gasteiger partial charge in [0.25, 0.3) is 0 Å². The van der Waals surface area contributed by atoms with Crippen LogP contribution in [0.25, 0.3) is 16.6 Å². The molecule has 0 radical (unpaired) electrons. The second kappa shape index (κ2) is 6.36. The highest BCUT2D eigenvalue weighted by atomic mass is 16.1. The summed E-state index contributed by atoms with van der Waals surface area (Å²) >= 11 is 0. The number of hydrogen-bond donors (Lipinski definition) is 0. The number of nitrogens with zero attached hydrogens (tertiary/aromatic N) is 2. The SMILES string of the molecule is Cc1cccc(-c2cc3ccccn3c2C(=O)C[n+]2ccccc2)c1. The molecule has 0 amide bonds. The van der Waals surface area contributed by atoms with Gasteiger partial charge in [-0.1, -0.05) is 42.0 Å². The van der Waals surface area contributed by atoms with E-state index in [-0.39, 0.29) is 5.78 Å². The van der Waals surface area contributed by atoms with Crippen LogP contribution in [0.3, 0.4) is 0 Å². The molecule has 0 bridgehead atoms. The predicted molar refractivity (Wildman–Crippen MR) is 98.5 cm³/mol. The lowest BCUT2D eigenvalue weighted by Crippen LogP contribution is -2.37. The monoisotopic (exact) mass is 327 g/mol. The molecule has 0 spiro atoms. The van der Waals surface area contributed by atoms with Crippen molar-refractivity contribution in [1.29, 1.82) is 0 Å². The second-order valence-electron chi connectivity index (χ2n) is 6.24. The lowest BCUT2D eigenvalue weighted by atomic mass is 10.0. The molecule has 0 fully saturated rings. The van der Waals surface area contributed by atoms with Crippen LogP contribution in [0, 0.1) is 6.92 Å². The molecule has 0 aliphatic carbocycles. The van der Waals surface area contributed by atoms with Crippen LogP contribution < -0.4 is 4.57 Å². The minimum absolute atomic E-state index is 0.0962. The van der Waals surface area contributed by atoms with Gasteiger partial charge in [-0.15, -0.1) is 0 Å². The summed E-state index contributed by atoms with van der Waals surface area (Å²) in [7, 11) is 0. The number of hydrogen-bond acceptors (Lipinski definition) is 1. The van der Waals surface area contributed by atoms with Gasteiger partial charge in [0.05, 0.1) is 0 Å². The number of aryl methyl sites for hydroxylation is 1. The third-order valence-corrected chi connectivity index (χ3v) is 4.38. The quantitative estimate of drug-likeness (QED) is 0.409. The molecule has 0 unspecified atom stereocenters. The van der Waals surface area contributed by atoms with Crippen molar-refractivity contribution in [1.82, 2.24) is 4.40 Å². The first-order valence-corrected chi connectivity index (χ1v) is 8.37. The van der Waals surface area contributed by atoms with E-state index in [4.69, 9.17) is 0 Å². The van der Waals surface area contributed by atoms with Crippen molar-refractivity contribution in [3.63, 3.8) is 0 Å². The van der Waals surface area contributed by atoms with Gasteiger partial charge in [-0.25, -0.2) is 0 Å². The molecule has 122 valence electrons. The van der Waals surface area contributed by atoms with Crippen LogP contribution in [0.5, 0.6) is 0 Å². The highest BCUT2D eigenvalue weighted by Gasteiger charge is 2.21. The van der Waals surface area contributed by atoms with Crippen molar-refractivity contribution >= 4 is 11.3 Å². The number of carbonyl (C=O) groups is 1. The minimum Gasteiger partial charge on any atom is -0.313 e. The summed E-state index contributed by atoms with van der Waals surface area (Å²) in [6.45, 7) is 2.39. The highest BCUT2D eigenvalue weighted by Crippen LogP contribution is 2.28. The Balaban J connectivity index is 1.86. The molecule has 0 saturated heterocycles. The normalized spacial score (nSPS) is 10.9. The number of rotatable bonds is 4. The number of aromatic nitrogens is 2. The van der Waals surface area contributed by atoms with Gasteiger partial charge >= 0.3 is 0 Å². The van der Waals surface area contributed by atoms with Gasteiger partial charge < -0.3 is 4.40 Å². The molecule has 25 heavy (non-hydrogen) atoms. The Bertz CT molecular complexity index is 1050. The molecule has 4 aromatic rings. The first-order valence-electron chi connectivity index (χ1n) is 8.37. The van der Waals surface area contributed by atoms with Crippen LogP contribution in [-0.2, 0) is 6.54 Å². The van der Waals surface area contributed by atoms with Crippen molar-refractivity contribution in [2.24, 2.45) is 0 Å². The average molecular weight is 327 g/mol. The molecule has 0 aliphatic rings. The summed E-state index contributed by atoms with van der Waals surface area (Å²) in [5.74, 6) is 0.0962. The fourth-order valence-electron chi connectivity index (χ4n) is 3.22. The van der Waals surface area contributed by atoms with E-state index < -0.39 is 0 Å². The lowest BCUT2D eigenvalue weighted by Gasteiger charge is -2.06. The molecule has 4 rings (SSSR count). The van der Waals surface area contributed by atoms with E-state index in [0.29, 0.717) is 6.54 Å². The molecule has 1 aromatic carbocycles. The molecule has 0 aliphatic heterocycles. The van der Waals surface area contributed by atoms with Crippen molar-refractivity contribution in [2.45, 2.75) is 13.5 Å². The molecular formula is C22H19N2O+. The number of carbonyl (C=O) groups excluding carboxylic acids is 1. The summed E-state index contributed by atoms with van der Waals surface area (Å²) < 4.78 is 3.90. The van der Waals surface area contributed by atoms with Crippen molar-refractivity contribution in [3.05, 3.63) is 96.6 Å². The molecule has 3 nitrogen and oxygen atoms in total. The molecule has 3 heterocycles. The van der Waals surface area contributed by atoms with Crippen molar-refractivity contribution in [2.75, 3.05) is 0 Å². The third kappa shape index (κ3) is 2.96. The molecule has 0 N–H and O–H groups in total. The van der Waals surface area contributed by atoms with Crippen LogP contribution in [0.1, 0.15) is 16.1 Å². The second-order valence-corrected chi connectivity index (χ2v) is 6.24. The number of fused-ring (bicyclic) bond motifs is 1. The number of benzene rings is 1.